The Bertz CT molecular complexity index is 1120. The average Bonchev–Trinajstić information content (AvgIpc) is 3.46. The lowest BCUT2D eigenvalue weighted by atomic mass is 9.99. The molecule has 0 aromatic heterocycles. The molecule has 1 aromatic carbocycles. The van der Waals surface area contributed by atoms with E-state index in [-0.39, 0.29) is 31.7 Å². The van der Waals surface area contributed by atoms with Crippen LogP contribution in [0.1, 0.15) is 41.5 Å². The zero-order chi connectivity index (χ0) is 25.7. The van der Waals surface area contributed by atoms with Gasteiger partial charge < -0.3 is 15.1 Å². The molecule has 3 aliphatic rings. The molecule has 13 heteroatoms. The minimum atomic E-state index is -4.54. The summed E-state index contributed by atoms with van der Waals surface area (Å²) in [7, 11) is 0. The molecule has 0 spiro atoms. The molecule has 0 bridgehead atoms. The van der Waals surface area contributed by atoms with Crippen molar-refractivity contribution < 1.29 is 36.3 Å². The lowest BCUT2D eigenvalue weighted by Crippen LogP contribution is -2.46. The summed E-state index contributed by atoms with van der Waals surface area (Å²) in [6.45, 7) is -0.896. The Morgan fingerprint density at radius 2 is 1.97 bits per heavy atom. The highest BCUT2D eigenvalue weighted by Crippen LogP contribution is 2.37. The van der Waals surface area contributed by atoms with E-state index in [4.69, 9.17) is 5.26 Å². The Labute approximate surface area is 202 Å². The van der Waals surface area contributed by atoms with Crippen molar-refractivity contribution >= 4 is 30.4 Å². The number of hydrogen-bond acceptors (Lipinski definition) is 5. The molecule has 3 heterocycles. The van der Waals surface area contributed by atoms with Gasteiger partial charge in [0.15, 0.2) is 0 Å². The third-order valence-electron chi connectivity index (χ3n) is 6.62. The number of alkyl halides is 5. The molecule has 0 radical (unpaired) electrons. The first-order chi connectivity index (χ1) is 16.3. The molecule has 0 unspecified atom stereocenters. The van der Waals surface area contributed by atoms with Gasteiger partial charge in [0.1, 0.15) is 12.1 Å². The molecule has 4 rings (SSSR count). The minimum absolute atomic E-state index is 0.0533. The number of amides is 3. The van der Waals surface area contributed by atoms with Crippen LogP contribution in [0.25, 0.3) is 0 Å². The van der Waals surface area contributed by atoms with Crippen LogP contribution in [0.2, 0.25) is 0 Å². The average molecular weight is 516 g/mol. The summed E-state index contributed by atoms with van der Waals surface area (Å²) in [5, 5.41) is 11.5. The summed E-state index contributed by atoms with van der Waals surface area (Å²) in [4.78, 5) is 40.1. The standard InChI is InChI=1S/C22H21F5N4O3S/c23-21(24)5-15(6-28)31(10-21)20(34)17-3-11(19(33)29-17)4-18(32)30-7-12-1-14(22(25,26)27)2-13(9-35)16(12)8-30/h1-2,11,15,17,35H,3-5,7-10H2,(H,29,33)/t11-,15-,17-/m0/s1. The van der Waals surface area contributed by atoms with Crippen LogP contribution in [0, 0.1) is 17.2 Å². The first kappa shape index (κ1) is 25.2. The van der Waals surface area contributed by atoms with Gasteiger partial charge >= 0.3 is 6.18 Å². The number of hydrogen-bond donors (Lipinski definition) is 2. The van der Waals surface area contributed by atoms with Gasteiger partial charge in [-0.2, -0.15) is 31.1 Å². The van der Waals surface area contributed by atoms with Crippen LogP contribution in [-0.2, 0) is 39.4 Å². The molecule has 188 valence electrons. The SMILES string of the molecule is N#C[C@@H]1CC(F)(F)CN1C(=O)[C@@H]1C[C@@H](CC(=O)N2Cc3cc(C(F)(F)F)cc(CS)c3C2)C(=O)N1. The van der Waals surface area contributed by atoms with Crippen LogP contribution in [0.15, 0.2) is 12.1 Å². The van der Waals surface area contributed by atoms with Gasteiger partial charge in [-0.3, -0.25) is 14.4 Å². The van der Waals surface area contributed by atoms with Gasteiger partial charge in [0.05, 0.1) is 18.2 Å². The Balaban J connectivity index is 1.41. The van der Waals surface area contributed by atoms with E-state index in [1.807, 2.05) is 0 Å². The third-order valence-corrected chi connectivity index (χ3v) is 6.96. The predicted molar refractivity (Wildman–Crippen MR) is 114 cm³/mol. The molecule has 0 aliphatic carbocycles. The van der Waals surface area contributed by atoms with Crippen LogP contribution in [0.4, 0.5) is 22.0 Å². The summed E-state index contributed by atoms with van der Waals surface area (Å²) in [5.41, 5.74) is 0.489. The number of thiol groups is 1. The minimum Gasteiger partial charge on any atom is -0.344 e. The molecular weight excluding hydrogens is 495 g/mol. The van der Waals surface area contributed by atoms with Gasteiger partial charge in [-0.15, -0.1) is 0 Å². The summed E-state index contributed by atoms with van der Waals surface area (Å²) in [6, 6.07) is 1.25. The fraction of sp³-hybridized carbons (Fsp3) is 0.545. The Morgan fingerprint density at radius 1 is 1.26 bits per heavy atom. The van der Waals surface area contributed by atoms with Crippen molar-refractivity contribution in [2.24, 2.45) is 5.92 Å². The Hall–Kier alpha value is -2.88. The number of carbonyl (C=O) groups is 3. The van der Waals surface area contributed by atoms with Crippen molar-refractivity contribution in [1.29, 1.82) is 5.26 Å². The number of carbonyl (C=O) groups excluding carboxylic acids is 3. The summed E-state index contributed by atoms with van der Waals surface area (Å²) >= 11 is 4.10. The zero-order valence-corrected chi connectivity index (χ0v) is 19.1. The number of fused-ring (bicyclic) bond motifs is 1. The monoisotopic (exact) mass is 516 g/mol. The first-order valence-electron chi connectivity index (χ1n) is 10.8. The molecule has 1 aromatic rings. The van der Waals surface area contributed by atoms with Crippen molar-refractivity contribution in [2.75, 3.05) is 6.54 Å². The molecular formula is C22H21F5N4O3S. The second-order valence-electron chi connectivity index (χ2n) is 9.05. The van der Waals surface area contributed by atoms with Gasteiger partial charge in [0, 0.05) is 37.6 Å². The van der Waals surface area contributed by atoms with Crippen LogP contribution < -0.4 is 5.32 Å². The smallest absolute Gasteiger partial charge is 0.344 e. The van der Waals surface area contributed by atoms with E-state index in [2.05, 4.69) is 17.9 Å². The van der Waals surface area contributed by atoms with Crippen LogP contribution in [0.3, 0.4) is 0 Å². The van der Waals surface area contributed by atoms with E-state index in [0.29, 0.717) is 16.7 Å². The van der Waals surface area contributed by atoms with E-state index in [1.54, 1.807) is 6.07 Å². The number of benzene rings is 1. The number of likely N-dealkylation sites (tertiary alicyclic amines) is 1. The van der Waals surface area contributed by atoms with E-state index in [1.165, 1.54) is 4.90 Å². The first-order valence-corrected chi connectivity index (χ1v) is 11.4. The highest BCUT2D eigenvalue weighted by Gasteiger charge is 2.50. The van der Waals surface area contributed by atoms with E-state index in [9.17, 15) is 36.3 Å². The number of rotatable bonds is 4. The predicted octanol–water partition coefficient (Wildman–Crippen LogP) is 2.63. The lowest BCUT2D eigenvalue weighted by molar-refractivity contribution is -0.137. The van der Waals surface area contributed by atoms with Gasteiger partial charge in [-0.1, -0.05) is 0 Å². The topological polar surface area (TPSA) is 93.5 Å². The molecule has 1 N–H and O–H groups in total. The maximum atomic E-state index is 13.7. The second-order valence-corrected chi connectivity index (χ2v) is 9.36. The fourth-order valence-electron chi connectivity index (χ4n) is 4.86. The fourth-order valence-corrected chi connectivity index (χ4v) is 5.14. The number of halogens is 5. The highest BCUT2D eigenvalue weighted by atomic mass is 32.1. The van der Waals surface area contributed by atoms with Crippen LogP contribution >= 0.6 is 12.6 Å². The second kappa shape index (κ2) is 8.96. The molecule has 2 fully saturated rings. The molecule has 3 aliphatic heterocycles. The maximum Gasteiger partial charge on any atom is 0.416 e. The van der Waals surface area contributed by atoms with Crippen molar-refractivity contribution in [3.8, 4) is 6.07 Å². The van der Waals surface area contributed by atoms with Crippen molar-refractivity contribution in [2.45, 2.75) is 62.3 Å². The van der Waals surface area contributed by atoms with Crippen molar-refractivity contribution in [3.05, 3.63) is 34.4 Å². The lowest BCUT2D eigenvalue weighted by Gasteiger charge is -2.22. The van der Waals surface area contributed by atoms with Gasteiger partial charge in [0.2, 0.25) is 17.7 Å². The summed E-state index contributed by atoms with van der Waals surface area (Å²) in [5.74, 6) is -5.92. The molecule has 2 saturated heterocycles. The van der Waals surface area contributed by atoms with E-state index >= 15 is 0 Å². The number of nitriles is 1. The maximum absolute atomic E-state index is 13.7. The van der Waals surface area contributed by atoms with Crippen LogP contribution in [0.5, 0.6) is 0 Å². The zero-order valence-electron chi connectivity index (χ0n) is 18.2. The highest BCUT2D eigenvalue weighted by molar-refractivity contribution is 7.79. The van der Waals surface area contributed by atoms with Crippen molar-refractivity contribution in [3.63, 3.8) is 0 Å². The van der Waals surface area contributed by atoms with Gasteiger partial charge in [0.25, 0.3) is 5.92 Å². The summed E-state index contributed by atoms with van der Waals surface area (Å²) in [6.07, 6.45) is -5.72. The quantitative estimate of drug-likeness (QED) is 0.476. The van der Waals surface area contributed by atoms with E-state index in [0.717, 1.165) is 17.0 Å². The molecule has 3 amide bonds. The van der Waals surface area contributed by atoms with Gasteiger partial charge in [-0.05, 0) is 35.2 Å². The largest absolute Gasteiger partial charge is 0.416 e. The Kier molecular flexibility index (Phi) is 6.46. The molecule has 3 atom stereocenters. The van der Waals surface area contributed by atoms with E-state index < -0.39 is 66.4 Å². The van der Waals surface area contributed by atoms with Crippen LogP contribution in [-0.4, -0.2) is 52.1 Å². The molecule has 0 saturated carbocycles. The summed E-state index contributed by atoms with van der Waals surface area (Å²) < 4.78 is 67.0. The number of nitrogens with one attached hydrogen (secondary N) is 1. The van der Waals surface area contributed by atoms with Crippen molar-refractivity contribution in [1.82, 2.24) is 15.1 Å². The number of nitrogens with zero attached hydrogens (tertiary/aromatic N) is 3. The third kappa shape index (κ3) is 4.94. The Morgan fingerprint density at radius 3 is 2.60 bits per heavy atom. The molecule has 7 nitrogen and oxygen atoms in total. The normalized spacial score (nSPS) is 25.4. The molecule has 35 heavy (non-hydrogen) atoms. The van der Waals surface area contributed by atoms with Gasteiger partial charge in [-0.25, -0.2) is 8.78 Å².